The molecule has 20 heteroatoms. The van der Waals surface area contributed by atoms with Gasteiger partial charge in [0.05, 0.1) is 51.8 Å². The molecule has 3 amide bonds. The summed E-state index contributed by atoms with van der Waals surface area (Å²) in [5.74, 6) is -9.42. The topological polar surface area (TPSA) is 194 Å². The molecule has 0 bridgehead atoms. The fraction of sp³-hybridized carbons (Fsp3) is 0.449. The van der Waals surface area contributed by atoms with Crippen LogP contribution in [0.1, 0.15) is 110 Å². The van der Waals surface area contributed by atoms with Crippen LogP contribution in [-0.4, -0.2) is 119 Å². The molecular weight excluding hydrogens is 942 g/mol. The Bertz CT molecular complexity index is 3120. The van der Waals surface area contributed by atoms with Crippen LogP contribution in [0.15, 0.2) is 29.2 Å². The smallest absolute Gasteiger partial charge is 0.333 e. The Labute approximate surface area is 400 Å². The van der Waals surface area contributed by atoms with Gasteiger partial charge in [0.1, 0.15) is 23.9 Å². The van der Waals surface area contributed by atoms with Crippen molar-refractivity contribution in [2.24, 2.45) is 0 Å². The first kappa shape index (κ1) is 48.5. The van der Waals surface area contributed by atoms with Gasteiger partial charge in [-0.2, -0.15) is 8.42 Å². The van der Waals surface area contributed by atoms with Gasteiger partial charge in [-0.05, 0) is 68.9 Å². The van der Waals surface area contributed by atoms with Crippen molar-refractivity contribution in [3.8, 4) is 11.5 Å². The lowest BCUT2D eigenvalue weighted by molar-refractivity contribution is -0.197. The van der Waals surface area contributed by atoms with Crippen molar-refractivity contribution in [3.63, 3.8) is 0 Å². The minimum Gasteiger partial charge on any atom is -0.455 e. The predicted molar refractivity (Wildman–Crippen MR) is 249 cm³/mol. The molecule has 3 aromatic rings. The molecule has 366 valence electrons. The summed E-state index contributed by atoms with van der Waals surface area (Å²) in [7, 11) is -3.39. The van der Waals surface area contributed by atoms with E-state index in [1.54, 1.807) is 12.1 Å². The lowest BCUT2D eigenvalue weighted by atomic mass is 9.78. The number of thioether (sulfide) groups is 1. The molecule has 0 saturated carbocycles. The lowest BCUT2D eigenvalue weighted by Gasteiger charge is -2.47. The summed E-state index contributed by atoms with van der Waals surface area (Å²) in [6.07, 6.45) is 5.37. The summed E-state index contributed by atoms with van der Waals surface area (Å²) in [5, 5.41) is 23.2. The first-order valence-corrected chi connectivity index (χ1v) is 25.4. The molecule has 3 aromatic carbocycles. The number of halogens is 3. The van der Waals surface area contributed by atoms with Crippen molar-refractivity contribution in [1.29, 1.82) is 0 Å². The van der Waals surface area contributed by atoms with Gasteiger partial charge >= 0.3 is 5.97 Å². The highest BCUT2D eigenvalue weighted by atomic mass is 32.2. The number of hydrogen-bond donors (Lipinski definition) is 3. The van der Waals surface area contributed by atoms with Crippen molar-refractivity contribution in [2.75, 3.05) is 56.3 Å². The van der Waals surface area contributed by atoms with Crippen LogP contribution in [0.2, 0.25) is 0 Å². The van der Waals surface area contributed by atoms with E-state index in [0.29, 0.717) is 89.4 Å². The van der Waals surface area contributed by atoms with E-state index in [9.17, 15) is 42.4 Å². The summed E-state index contributed by atoms with van der Waals surface area (Å²) in [6.45, 7) is 8.35. The number of aliphatic hydroxyl groups is 2. The van der Waals surface area contributed by atoms with Crippen LogP contribution in [-0.2, 0) is 42.2 Å². The Kier molecular flexibility index (Phi) is 12.4. The van der Waals surface area contributed by atoms with Crippen molar-refractivity contribution in [2.45, 2.75) is 95.0 Å². The van der Waals surface area contributed by atoms with Crippen molar-refractivity contribution < 1.29 is 65.1 Å². The van der Waals surface area contributed by atoms with Gasteiger partial charge in [-0.25, -0.2) is 22.5 Å². The second kappa shape index (κ2) is 17.7. The number of fused-ring (bicyclic) bond motifs is 4. The maximum Gasteiger partial charge on any atom is 0.333 e. The van der Waals surface area contributed by atoms with Crippen LogP contribution in [0.5, 0.6) is 11.5 Å². The molecule has 0 spiro atoms. The number of amides is 3. The average Bonchev–Trinajstić information content (AvgIpc) is 3.61. The summed E-state index contributed by atoms with van der Waals surface area (Å²) in [4.78, 5) is 58.9. The number of benzene rings is 3. The summed E-state index contributed by atoms with van der Waals surface area (Å²) >= 11 is 0.302. The highest BCUT2D eigenvalue weighted by Gasteiger charge is 2.44. The second-order valence-electron chi connectivity index (χ2n) is 19.2. The van der Waals surface area contributed by atoms with Gasteiger partial charge in [-0.1, -0.05) is 6.08 Å². The normalized spacial score (nSPS) is 18.5. The second-order valence-corrected chi connectivity index (χ2v) is 21.9. The Morgan fingerprint density at radius 3 is 2.26 bits per heavy atom. The Balaban J connectivity index is 1.32. The number of ether oxygens (including phenoxy) is 1. The minimum atomic E-state index is -4.63. The molecule has 0 atom stereocenters. The molecular formula is C49H52F3N4O11S2+. The highest BCUT2D eigenvalue weighted by molar-refractivity contribution is 8.00. The first-order valence-electron chi connectivity index (χ1n) is 22.9. The predicted octanol–water partition coefficient (Wildman–Crippen LogP) is 4.42. The van der Waals surface area contributed by atoms with Gasteiger partial charge in [-0.3, -0.25) is 18.9 Å². The third-order valence-electron chi connectivity index (χ3n) is 13.8. The van der Waals surface area contributed by atoms with Gasteiger partial charge in [-0.15, -0.1) is 16.8 Å². The maximum absolute atomic E-state index is 18.2. The number of nitrogens with zero attached hydrogens (tertiary/aromatic N) is 4. The molecule has 3 N–H and O–H groups in total. The van der Waals surface area contributed by atoms with Crippen molar-refractivity contribution in [1.82, 2.24) is 14.5 Å². The number of hydrogen-bond acceptors (Lipinski definition) is 12. The third-order valence-corrected chi connectivity index (χ3v) is 15.9. The standard InChI is InChI=1S/C49H51F3N4O11S2/c1-48(2)21-25(23-57)29-19-31-36(32-20-30-26(24-58)22-49(3,4)55-16-7-10-28(43(30)55)45(32)66-44(31)27-9-6-15-54(48)42(27)29)37-38(39(50)41(52)46(40(37)51)68-17-18-69(63,64)65)47(62)53(5)14-8-11-35(61)67-56-33(59)12-13-34(56)60/h19-22,57-58H,6-18,23-24H2,1-5H3/p+1. The van der Waals surface area contributed by atoms with E-state index in [1.807, 2.05) is 39.8 Å². The number of aliphatic hydroxyl groups excluding tert-OH is 2. The van der Waals surface area contributed by atoms with Gasteiger partial charge in [0.15, 0.2) is 17.2 Å². The van der Waals surface area contributed by atoms with Crippen LogP contribution in [0.25, 0.3) is 16.7 Å². The first-order chi connectivity index (χ1) is 32.6. The monoisotopic (exact) mass is 993 g/mol. The zero-order valence-corrected chi connectivity index (χ0v) is 40.4. The van der Waals surface area contributed by atoms with Crippen LogP contribution in [0.4, 0.5) is 18.9 Å². The van der Waals surface area contributed by atoms with E-state index < -0.39 is 96.3 Å². The van der Waals surface area contributed by atoms with E-state index in [2.05, 4.69) is 9.48 Å². The quantitative estimate of drug-likeness (QED) is 0.0561. The molecule has 6 aliphatic rings. The van der Waals surface area contributed by atoms with E-state index in [-0.39, 0.29) is 55.4 Å². The van der Waals surface area contributed by atoms with Crippen LogP contribution in [0, 0.1) is 17.5 Å². The molecule has 15 nitrogen and oxygen atoms in total. The van der Waals surface area contributed by atoms with E-state index >= 15 is 13.2 Å². The number of carbonyl (C=O) groups excluding carboxylic acids is 4. The molecule has 69 heavy (non-hydrogen) atoms. The Hall–Kier alpha value is -5.54. The van der Waals surface area contributed by atoms with Crippen molar-refractivity contribution in [3.05, 3.63) is 91.3 Å². The fourth-order valence-corrected chi connectivity index (χ4v) is 12.6. The molecule has 1 fully saturated rings. The number of carbonyl (C=O) groups is 4. The van der Waals surface area contributed by atoms with E-state index in [1.165, 1.54) is 7.05 Å². The molecule has 1 saturated heterocycles. The van der Waals surface area contributed by atoms with Crippen LogP contribution in [0.3, 0.4) is 0 Å². The van der Waals surface area contributed by atoms with E-state index in [4.69, 9.17) is 9.57 Å². The number of hydroxylamine groups is 2. The molecule has 0 radical (unpaired) electrons. The largest absolute Gasteiger partial charge is 0.455 e. The molecule has 0 aromatic heterocycles. The molecule has 0 aliphatic carbocycles. The number of imide groups is 1. The molecule has 6 aliphatic heterocycles. The molecule has 6 heterocycles. The van der Waals surface area contributed by atoms with Crippen LogP contribution < -0.4 is 24.8 Å². The van der Waals surface area contributed by atoms with Crippen molar-refractivity contribution >= 4 is 68.0 Å². The molecule has 9 rings (SSSR count). The average molecular weight is 994 g/mol. The minimum absolute atomic E-state index is 0.0591. The Morgan fingerprint density at radius 1 is 0.899 bits per heavy atom. The zero-order chi connectivity index (χ0) is 49.6. The molecule has 0 unspecified atom stereocenters. The van der Waals surface area contributed by atoms with Gasteiger partial charge in [0.25, 0.3) is 27.8 Å². The Morgan fingerprint density at radius 2 is 1.58 bits per heavy atom. The SMILES string of the molecule is CN(CCCC(=O)ON1C(=O)CCC1=O)C(=O)c1c(F)c(F)c(SCCS(=O)(=O)O)c(F)c1C1=c2cc3c4c(c2Oc2c1cc1c5c2CCCN5C(C)(C)C=C1CO)CCC[N+]=4C(C)(C)C=C3CO. The zero-order valence-electron chi connectivity index (χ0n) is 38.8. The maximum atomic E-state index is 18.2. The van der Waals surface area contributed by atoms with Crippen LogP contribution >= 0.6 is 11.8 Å². The highest BCUT2D eigenvalue weighted by Crippen LogP contribution is 2.53. The summed E-state index contributed by atoms with van der Waals surface area (Å²) in [6, 6.07) is 3.41. The third kappa shape index (κ3) is 8.24. The fourth-order valence-electron chi connectivity index (χ4n) is 10.8. The summed E-state index contributed by atoms with van der Waals surface area (Å²) in [5.41, 5.74) is 1.83. The lowest BCUT2D eigenvalue weighted by Crippen LogP contribution is -2.53. The number of anilines is 1. The van der Waals surface area contributed by atoms with Gasteiger partial charge < -0.3 is 29.6 Å². The van der Waals surface area contributed by atoms with E-state index in [0.717, 1.165) is 27.1 Å². The van der Waals surface area contributed by atoms with Gasteiger partial charge in [0.2, 0.25) is 5.36 Å². The van der Waals surface area contributed by atoms with Gasteiger partial charge in [0, 0.05) is 98.5 Å². The number of rotatable bonds is 13. The summed E-state index contributed by atoms with van der Waals surface area (Å²) < 4.78 is 94.6.